The number of para-hydroxylation sites is 2. The molecule has 170 valence electrons. The van der Waals surface area contributed by atoms with Crippen molar-refractivity contribution >= 4 is 34.6 Å². The van der Waals surface area contributed by atoms with Gasteiger partial charge in [0.05, 0.1) is 5.52 Å². The normalized spacial score (nSPS) is 17.7. The van der Waals surface area contributed by atoms with Crippen molar-refractivity contribution in [1.82, 2.24) is 4.57 Å². The van der Waals surface area contributed by atoms with Crippen molar-refractivity contribution in [1.29, 1.82) is 0 Å². The summed E-state index contributed by atoms with van der Waals surface area (Å²) >= 11 is 0. The Hall–Kier alpha value is -3.87. The van der Waals surface area contributed by atoms with Gasteiger partial charge in [-0.2, -0.15) is 0 Å². The van der Waals surface area contributed by atoms with Crippen LogP contribution in [-0.4, -0.2) is 41.8 Å². The van der Waals surface area contributed by atoms with Gasteiger partial charge in [0, 0.05) is 35.4 Å². The molecule has 7 nitrogen and oxygen atoms in total. The molecule has 1 unspecified atom stereocenters. The number of amides is 1. The van der Waals surface area contributed by atoms with E-state index in [-0.39, 0.29) is 6.61 Å². The van der Waals surface area contributed by atoms with Gasteiger partial charge in [0.25, 0.3) is 5.91 Å². The highest BCUT2D eigenvalue weighted by Crippen LogP contribution is 2.48. The lowest BCUT2D eigenvalue weighted by Crippen LogP contribution is -2.47. The Morgan fingerprint density at radius 3 is 2.42 bits per heavy atom. The molecule has 0 bridgehead atoms. The van der Waals surface area contributed by atoms with E-state index in [0.29, 0.717) is 27.7 Å². The lowest BCUT2D eigenvalue weighted by atomic mass is 9.75. The average molecular weight is 447 g/mol. The van der Waals surface area contributed by atoms with E-state index in [4.69, 9.17) is 9.47 Å². The molecule has 2 aromatic carbocycles. The minimum Gasteiger partial charge on any atom is -0.460 e. The number of hydrogen-bond acceptors (Lipinski definition) is 5. The molecule has 0 saturated heterocycles. The highest BCUT2D eigenvalue weighted by atomic mass is 16.6. The quantitative estimate of drug-likeness (QED) is 0.337. The summed E-state index contributed by atoms with van der Waals surface area (Å²) in [6.07, 6.45) is 2.36. The summed E-state index contributed by atoms with van der Waals surface area (Å²) in [5.41, 5.74) is -0.511. The van der Waals surface area contributed by atoms with E-state index < -0.39 is 29.0 Å². The van der Waals surface area contributed by atoms with Gasteiger partial charge >= 0.3 is 12.1 Å². The van der Waals surface area contributed by atoms with Gasteiger partial charge in [0.1, 0.15) is 12.2 Å². The Bertz CT molecular complexity index is 1280. The minimum atomic E-state index is -1.78. The first-order chi connectivity index (χ1) is 15.6. The van der Waals surface area contributed by atoms with Crippen LogP contribution < -0.4 is 4.90 Å². The number of benzene rings is 2. The largest absolute Gasteiger partial charge is 0.460 e. The molecule has 0 N–H and O–H groups in total. The zero-order chi connectivity index (χ0) is 24.0. The first-order valence-electron chi connectivity index (χ1n) is 10.6. The second-order valence-corrected chi connectivity index (χ2v) is 8.93. The Labute approximate surface area is 192 Å². The van der Waals surface area contributed by atoms with Gasteiger partial charge in [0.2, 0.25) is 5.41 Å². The predicted molar refractivity (Wildman–Crippen MR) is 125 cm³/mol. The van der Waals surface area contributed by atoms with Gasteiger partial charge in [-0.3, -0.25) is 14.2 Å². The van der Waals surface area contributed by atoms with E-state index in [2.05, 4.69) is 6.58 Å². The number of ether oxygens (including phenoxy) is 2. The molecule has 0 saturated carbocycles. The molecule has 7 heteroatoms. The summed E-state index contributed by atoms with van der Waals surface area (Å²) in [6, 6.07) is 14.2. The van der Waals surface area contributed by atoms with Gasteiger partial charge in [-0.25, -0.2) is 4.79 Å². The van der Waals surface area contributed by atoms with Crippen LogP contribution in [0.2, 0.25) is 0 Å². The molecule has 0 spiro atoms. The van der Waals surface area contributed by atoms with E-state index in [1.54, 1.807) is 76.3 Å². The van der Waals surface area contributed by atoms with Gasteiger partial charge in [0.15, 0.2) is 0 Å². The second kappa shape index (κ2) is 7.92. The number of aromatic nitrogens is 1. The number of rotatable bonds is 4. The van der Waals surface area contributed by atoms with Crippen LogP contribution in [0.25, 0.3) is 10.9 Å². The molecule has 2 heterocycles. The standard InChI is InChI=1S/C26H26N2O5/c1-6-15-32-23(30)26(18-12-8-10-14-21(18)27(5)22(26)29)19-16-28(24(31)33-25(2,3)4)20-13-9-7-11-17(19)20/h6-14,16H,1,15H2,2-5H3. The van der Waals surface area contributed by atoms with Crippen LogP contribution in [0.15, 0.2) is 67.4 Å². The van der Waals surface area contributed by atoms with Gasteiger partial charge in [-0.05, 0) is 32.9 Å². The summed E-state index contributed by atoms with van der Waals surface area (Å²) in [5.74, 6) is -1.18. The van der Waals surface area contributed by atoms with Crippen molar-refractivity contribution in [2.45, 2.75) is 31.8 Å². The summed E-state index contributed by atoms with van der Waals surface area (Å²) in [6.45, 7) is 8.88. The number of fused-ring (bicyclic) bond motifs is 2. The summed E-state index contributed by atoms with van der Waals surface area (Å²) in [5, 5.41) is 0.581. The number of anilines is 1. The maximum atomic E-state index is 13.8. The number of likely N-dealkylation sites (N-methyl/N-ethyl adjacent to an activating group) is 1. The zero-order valence-electron chi connectivity index (χ0n) is 19.1. The van der Waals surface area contributed by atoms with Crippen molar-refractivity contribution in [3.63, 3.8) is 0 Å². The van der Waals surface area contributed by atoms with Crippen molar-refractivity contribution in [3.05, 3.63) is 78.5 Å². The molecule has 3 aromatic rings. The lowest BCUT2D eigenvalue weighted by Gasteiger charge is -2.26. The second-order valence-electron chi connectivity index (χ2n) is 8.93. The highest BCUT2D eigenvalue weighted by molar-refractivity contribution is 6.24. The SMILES string of the molecule is C=CCOC(=O)C1(c2cn(C(=O)OC(C)(C)C)c3ccccc23)C(=O)N(C)c2ccccc21. The average Bonchev–Trinajstić information content (AvgIpc) is 3.26. The third-order valence-electron chi connectivity index (χ3n) is 5.64. The van der Waals surface area contributed by atoms with E-state index in [1.807, 2.05) is 0 Å². The van der Waals surface area contributed by atoms with Crippen molar-refractivity contribution < 1.29 is 23.9 Å². The van der Waals surface area contributed by atoms with Crippen LogP contribution in [0.4, 0.5) is 10.5 Å². The van der Waals surface area contributed by atoms with Crippen molar-refractivity contribution in [2.75, 3.05) is 18.6 Å². The topological polar surface area (TPSA) is 77.8 Å². The minimum absolute atomic E-state index is 0.0511. The van der Waals surface area contributed by atoms with Crippen LogP contribution in [0.5, 0.6) is 0 Å². The maximum Gasteiger partial charge on any atom is 0.419 e. The molecule has 0 fully saturated rings. The molecule has 0 radical (unpaired) electrons. The van der Waals surface area contributed by atoms with E-state index in [9.17, 15) is 14.4 Å². The number of esters is 1. The van der Waals surface area contributed by atoms with Crippen LogP contribution in [0.1, 0.15) is 31.9 Å². The summed E-state index contributed by atoms with van der Waals surface area (Å²) in [4.78, 5) is 42.0. The fourth-order valence-corrected chi connectivity index (χ4v) is 4.31. The van der Waals surface area contributed by atoms with E-state index in [0.717, 1.165) is 0 Å². The lowest BCUT2D eigenvalue weighted by molar-refractivity contribution is -0.150. The van der Waals surface area contributed by atoms with Gasteiger partial charge in [-0.1, -0.05) is 49.1 Å². The van der Waals surface area contributed by atoms with E-state index >= 15 is 0 Å². The zero-order valence-corrected chi connectivity index (χ0v) is 19.1. The molecule has 1 aliphatic rings. The van der Waals surface area contributed by atoms with Crippen molar-refractivity contribution in [2.24, 2.45) is 0 Å². The predicted octanol–water partition coefficient (Wildman–Crippen LogP) is 4.42. The van der Waals surface area contributed by atoms with Crippen LogP contribution in [0, 0.1) is 0 Å². The van der Waals surface area contributed by atoms with Gasteiger partial charge < -0.3 is 14.4 Å². The molecule has 0 aliphatic carbocycles. The third kappa shape index (κ3) is 3.40. The first-order valence-corrected chi connectivity index (χ1v) is 10.6. The van der Waals surface area contributed by atoms with E-state index in [1.165, 1.54) is 21.7 Å². The Balaban J connectivity index is 2.04. The fraction of sp³-hybridized carbons (Fsp3) is 0.269. The van der Waals surface area contributed by atoms with Crippen LogP contribution >= 0.6 is 0 Å². The number of nitrogens with zero attached hydrogens (tertiary/aromatic N) is 2. The highest BCUT2D eigenvalue weighted by Gasteiger charge is 2.59. The summed E-state index contributed by atoms with van der Waals surface area (Å²) < 4.78 is 12.4. The molecule has 1 amide bonds. The van der Waals surface area contributed by atoms with Crippen LogP contribution in [0.3, 0.4) is 0 Å². The molecule has 1 aliphatic heterocycles. The molecule has 1 aromatic heterocycles. The monoisotopic (exact) mass is 446 g/mol. The Morgan fingerprint density at radius 1 is 1.06 bits per heavy atom. The molecule has 33 heavy (non-hydrogen) atoms. The smallest absolute Gasteiger partial charge is 0.419 e. The molecule has 4 rings (SSSR count). The Kier molecular flexibility index (Phi) is 5.36. The summed E-state index contributed by atoms with van der Waals surface area (Å²) in [7, 11) is 1.62. The van der Waals surface area contributed by atoms with Gasteiger partial charge in [-0.15, -0.1) is 0 Å². The third-order valence-corrected chi connectivity index (χ3v) is 5.64. The fourth-order valence-electron chi connectivity index (χ4n) is 4.31. The molecular weight excluding hydrogens is 420 g/mol. The maximum absolute atomic E-state index is 13.8. The number of carbonyl (C=O) groups is 3. The van der Waals surface area contributed by atoms with Crippen molar-refractivity contribution in [3.8, 4) is 0 Å². The van der Waals surface area contributed by atoms with Crippen LogP contribution in [-0.2, 0) is 24.5 Å². The first kappa shape index (κ1) is 22.3. The Morgan fingerprint density at radius 2 is 1.73 bits per heavy atom. The number of hydrogen-bond donors (Lipinski definition) is 0. The number of carbonyl (C=O) groups excluding carboxylic acids is 3. The molecular formula is C26H26N2O5. The molecule has 1 atom stereocenters.